The van der Waals surface area contributed by atoms with Crippen LogP contribution in [0.15, 0.2) is 0 Å². The van der Waals surface area contributed by atoms with Gasteiger partial charge in [0.25, 0.3) is 17.7 Å². The van der Waals surface area contributed by atoms with E-state index >= 15 is 0 Å². The van der Waals surface area contributed by atoms with Gasteiger partial charge in [0.15, 0.2) is 0 Å². The largest absolute Gasteiger partial charge is 0.459 e. The number of carbonyl (C=O) groups excluding carboxylic acids is 6. The van der Waals surface area contributed by atoms with Gasteiger partial charge in [-0.25, -0.2) is 4.79 Å². The van der Waals surface area contributed by atoms with Crippen molar-refractivity contribution in [3.05, 3.63) is 43.7 Å². The second-order valence-corrected chi connectivity index (χ2v) is 20.5. The van der Waals surface area contributed by atoms with Crippen LogP contribution < -0.4 is 10.6 Å². The van der Waals surface area contributed by atoms with Gasteiger partial charge in [0.1, 0.15) is 6.61 Å². The fourth-order valence-corrected chi connectivity index (χ4v) is 14.1. The minimum Gasteiger partial charge on any atom is -0.459 e. The van der Waals surface area contributed by atoms with Crippen LogP contribution in [-0.2, 0) is 14.3 Å². The summed E-state index contributed by atoms with van der Waals surface area (Å²) < 4.78 is 6.43. The van der Waals surface area contributed by atoms with Crippen LogP contribution in [0.2, 0.25) is 0 Å². The quantitative estimate of drug-likeness (QED) is 0.0512. The maximum atomic E-state index is 14.2. The van der Waals surface area contributed by atoms with Gasteiger partial charge >= 0.3 is 5.97 Å². The van der Waals surface area contributed by atoms with E-state index in [1.54, 1.807) is 67.8 Å². The molecule has 0 aliphatic heterocycles. The number of nitrogens with zero attached hydrogens (tertiary/aromatic N) is 3. The minimum atomic E-state index is -1.37. The molecule has 3 atom stereocenters. The van der Waals surface area contributed by atoms with Gasteiger partial charge in [0, 0.05) is 47.9 Å². The van der Waals surface area contributed by atoms with Crippen molar-refractivity contribution in [1.82, 2.24) is 14.7 Å². The van der Waals surface area contributed by atoms with E-state index in [1.165, 1.54) is 26.0 Å². The van der Waals surface area contributed by atoms with Crippen LogP contribution in [0.5, 0.6) is 0 Å². The molecule has 2 rings (SSSR count). The Morgan fingerprint density at radius 3 is 1.17 bits per heavy atom. The Labute approximate surface area is 449 Å². The highest BCUT2D eigenvalue weighted by atomic mass is 127. The topological polar surface area (TPSA) is 328 Å². The van der Waals surface area contributed by atoms with E-state index in [0.717, 1.165) is 9.80 Å². The molecule has 11 N–H and O–H groups in total. The predicted molar refractivity (Wildman–Crippen MR) is 280 cm³/mol. The highest BCUT2D eigenvalue weighted by Gasteiger charge is 2.34. The lowest BCUT2D eigenvalue weighted by atomic mass is 10.1. The van der Waals surface area contributed by atoms with Crippen molar-refractivity contribution >= 4 is 182 Å². The Balaban J connectivity index is 2.49. The van der Waals surface area contributed by atoms with E-state index in [-0.39, 0.29) is 81.1 Å². The van der Waals surface area contributed by atoms with Gasteiger partial charge in [0.05, 0.1) is 118 Å². The third-order valence-electron chi connectivity index (χ3n) is 9.23. The molecule has 0 aliphatic rings. The van der Waals surface area contributed by atoms with Crippen molar-refractivity contribution in [1.29, 1.82) is 0 Å². The van der Waals surface area contributed by atoms with Crippen molar-refractivity contribution in [2.24, 2.45) is 11.8 Å². The Bertz CT molecular complexity index is 2040. The molecule has 0 aromatic heterocycles. The third kappa shape index (κ3) is 15.1. The Kier molecular flexibility index (Phi) is 26.1. The summed E-state index contributed by atoms with van der Waals surface area (Å²) in [6.45, 7) is -5.42. The summed E-state index contributed by atoms with van der Waals surface area (Å²) in [5.41, 5.74) is -0.302. The maximum Gasteiger partial charge on any atom is 0.340 e. The highest BCUT2D eigenvalue weighted by molar-refractivity contribution is 14.1. The number of likely N-dealkylation sites (N-methyl/N-ethyl adjacent to an activating group) is 2. The number of hydrogen-bond acceptors (Lipinski definition) is 16. The summed E-state index contributed by atoms with van der Waals surface area (Å²) in [7, 11) is 4.12. The Hall–Kier alpha value is -0.720. The number of esters is 1. The average molecular weight is 1580 g/mol. The van der Waals surface area contributed by atoms with E-state index < -0.39 is 112 Å². The molecule has 0 bridgehead atoms. The number of aliphatic hydroxyl groups is 9. The SMILES string of the molecule is CN(CC(O)CO)C(=O)c1c(I)c(NC(=O)C(CO)CO)c(I)c(C(=O)OCC(O)CCN(C)C(=O)c2c(I)c(NC(=O)C(CO)CO)c(I)c(C(=O)N(C)CC(O)CO)c2I)c1I. The molecule has 0 heterocycles. The van der Waals surface area contributed by atoms with Gasteiger partial charge in [-0.05, 0) is 142 Å². The molecule has 0 saturated heterocycles. The predicted octanol–water partition coefficient (Wildman–Crippen LogP) is -0.0768. The number of halogens is 6. The summed E-state index contributed by atoms with van der Waals surface area (Å²) in [4.78, 5) is 84.8. The normalized spacial score (nSPS) is 12.8. The zero-order valence-electron chi connectivity index (χ0n) is 34.2. The summed E-state index contributed by atoms with van der Waals surface area (Å²) in [6.07, 6.45) is -4.10. The van der Waals surface area contributed by atoms with Crippen LogP contribution in [0.25, 0.3) is 0 Å². The molecule has 64 heavy (non-hydrogen) atoms. The maximum absolute atomic E-state index is 14.2. The molecule has 358 valence electrons. The highest BCUT2D eigenvalue weighted by Crippen LogP contribution is 2.39. The van der Waals surface area contributed by atoms with Crippen LogP contribution in [0.4, 0.5) is 11.4 Å². The summed E-state index contributed by atoms with van der Waals surface area (Å²) >= 11 is 10.7. The number of anilines is 2. The van der Waals surface area contributed by atoms with Crippen LogP contribution in [0, 0.1) is 33.3 Å². The number of ether oxygens (including phenoxy) is 1. The van der Waals surface area contributed by atoms with Gasteiger partial charge < -0.3 is 76.0 Å². The number of amides is 5. The first kappa shape index (κ1) is 59.4. The Morgan fingerprint density at radius 2 is 0.828 bits per heavy atom. The van der Waals surface area contributed by atoms with Crippen molar-refractivity contribution in [2.45, 2.75) is 24.7 Å². The fourth-order valence-electron chi connectivity index (χ4n) is 5.45. The second kappa shape index (κ2) is 28.1. The van der Waals surface area contributed by atoms with Crippen LogP contribution in [0.3, 0.4) is 0 Å². The molecular formula is C37H47I6N5O16. The standard InChI is InChI=1S/C37H47I6N5O16/c1-46(34(60)20-24(38)21(35(61)47(2)6-18(56)12-53)27(41)30(26(20)40)44-32(58)15(8-49)9-50)5-4-17(55)14-64-37(63)23-25(39)22(36(62)48(3)7-19(57)13-54)28(42)31(29(23)43)45-33(59)16(10-51)11-52/h15-19,49-57H,4-14H2,1-3H3,(H,44,58)(H,45,59). The number of rotatable bonds is 23. The minimum absolute atomic E-state index is 0.0194. The molecule has 0 spiro atoms. The number of hydrogen-bond donors (Lipinski definition) is 11. The van der Waals surface area contributed by atoms with Crippen molar-refractivity contribution in [3.63, 3.8) is 0 Å². The molecule has 2 aromatic carbocycles. The van der Waals surface area contributed by atoms with Gasteiger partial charge in [0.2, 0.25) is 11.8 Å². The number of benzene rings is 2. The van der Waals surface area contributed by atoms with Crippen LogP contribution in [-0.4, -0.2) is 202 Å². The van der Waals surface area contributed by atoms with Crippen LogP contribution in [0.1, 0.15) is 47.9 Å². The van der Waals surface area contributed by atoms with Crippen molar-refractivity contribution < 1.29 is 79.5 Å². The molecule has 0 radical (unpaired) electrons. The van der Waals surface area contributed by atoms with Crippen molar-refractivity contribution in [2.75, 3.05) is 97.7 Å². The molecule has 5 amide bonds. The molecule has 0 saturated carbocycles. The lowest BCUT2D eigenvalue weighted by Crippen LogP contribution is -2.38. The summed E-state index contributed by atoms with van der Waals surface area (Å²) in [6, 6.07) is 0. The van der Waals surface area contributed by atoms with Crippen molar-refractivity contribution in [3.8, 4) is 0 Å². The summed E-state index contributed by atoms with van der Waals surface area (Å²) in [5, 5.41) is 93.2. The fraction of sp³-hybridized carbons (Fsp3) is 0.514. The molecule has 2 aromatic rings. The Morgan fingerprint density at radius 1 is 0.500 bits per heavy atom. The molecule has 3 unspecified atom stereocenters. The molecule has 0 aliphatic carbocycles. The number of aliphatic hydroxyl groups excluding tert-OH is 9. The number of carbonyl (C=O) groups is 6. The molecule has 0 fully saturated rings. The second-order valence-electron chi connectivity index (χ2n) is 14.0. The van der Waals surface area contributed by atoms with Gasteiger partial charge in [-0.2, -0.15) is 0 Å². The first-order valence-corrected chi connectivity index (χ1v) is 25.1. The van der Waals surface area contributed by atoms with E-state index in [2.05, 4.69) is 10.6 Å². The van der Waals surface area contributed by atoms with E-state index in [1.807, 2.05) is 67.8 Å². The number of nitrogens with one attached hydrogen (secondary N) is 2. The summed E-state index contributed by atoms with van der Waals surface area (Å²) in [5.74, 6) is -7.14. The van der Waals surface area contributed by atoms with E-state index in [0.29, 0.717) is 0 Å². The third-order valence-corrected chi connectivity index (χ3v) is 15.7. The zero-order valence-corrected chi connectivity index (χ0v) is 47.1. The first-order valence-electron chi connectivity index (χ1n) is 18.6. The lowest BCUT2D eigenvalue weighted by molar-refractivity contribution is -0.123. The van der Waals surface area contributed by atoms with Crippen LogP contribution >= 0.6 is 136 Å². The first-order chi connectivity index (χ1) is 30.0. The zero-order chi connectivity index (χ0) is 48.9. The van der Waals surface area contributed by atoms with E-state index in [4.69, 9.17) is 4.74 Å². The van der Waals surface area contributed by atoms with Gasteiger partial charge in [-0.3, -0.25) is 24.0 Å². The molecular weight excluding hydrogens is 1530 g/mol. The van der Waals surface area contributed by atoms with E-state index in [9.17, 15) is 74.7 Å². The lowest BCUT2D eigenvalue weighted by Gasteiger charge is -2.26. The van der Waals surface area contributed by atoms with Gasteiger partial charge in [-0.15, -0.1) is 0 Å². The smallest absolute Gasteiger partial charge is 0.340 e. The van der Waals surface area contributed by atoms with Gasteiger partial charge in [-0.1, -0.05) is 0 Å². The average Bonchev–Trinajstić information content (AvgIpc) is 3.25. The monoisotopic (exact) mass is 1580 g/mol. The molecule has 21 nitrogen and oxygen atoms in total. The molecule has 27 heteroatoms.